The first kappa shape index (κ1) is 13.6. The number of nitrogens with zero attached hydrogens (tertiary/aromatic N) is 2. The summed E-state index contributed by atoms with van der Waals surface area (Å²) in [6.45, 7) is 3.38. The summed E-state index contributed by atoms with van der Waals surface area (Å²) in [5.74, 6) is 0. The molecule has 1 aromatic carbocycles. The van der Waals surface area contributed by atoms with Gasteiger partial charge in [-0.2, -0.15) is 18.3 Å². The lowest BCUT2D eigenvalue weighted by atomic mass is 10.2. The van der Waals surface area contributed by atoms with Gasteiger partial charge in [-0.05, 0) is 38.1 Å². The van der Waals surface area contributed by atoms with E-state index in [-0.39, 0.29) is 6.61 Å². The van der Waals surface area contributed by atoms with E-state index in [0.717, 1.165) is 17.8 Å². The monoisotopic (exact) mass is 270 g/mol. The van der Waals surface area contributed by atoms with Crippen LogP contribution in [-0.2, 0) is 12.8 Å². The molecule has 6 heteroatoms. The van der Waals surface area contributed by atoms with Gasteiger partial charge >= 0.3 is 6.18 Å². The SMILES string of the molecule is Cc1nn(-c2ccc(C(F)(F)F)cc2)c(C)c1CO. The van der Waals surface area contributed by atoms with E-state index in [1.807, 2.05) is 0 Å². The minimum atomic E-state index is -4.34. The van der Waals surface area contributed by atoms with E-state index in [1.54, 1.807) is 13.8 Å². The predicted molar refractivity (Wildman–Crippen MR) is 64.0 cm³/mol. The Hall–Kier alpha value is -1.82. The highest BCUT2D eigenvalue weighted by molar-refractivity contribution is 5.39. The van der Waals surface area contributed by atoms with Crippen LogP contribution in [0.1, 0.15) is 22.5 Å². The second-order valence-corrected chi connectivity index (χ2v) is 4.26. The van der Waals surface area contributed by atoms with Crippen LogP contribution < -0.4 is 0 Å². The van der Waals surface area contributed by atoms with Gasteiger partial charge in [-0.25, -0.2) is 4.68 Å². The highest BCUT2D eigenvalue weighted by atomic mass is 19.4. The number of hydrogen-bond acceptors (Lipinski definition) is 2. The van der Waals surface area contributed by atoms with E-state index in [1.165, 1.54) is 16.8 Å². The molecule has 102 valence electrons. The zero-order chi connectivity index (χ0) is 14.2. The molecule has 0 aliphatic rings. The first-order valence-electron chi connectivity index (χ1n) is 5.68. The van der Waals surface area contributed by atoms with Crippen molar-refractivity contribution >= 4 is 0 Å². The molecular weight excluding hydrogens is 257 g/mol. The van der Waals surface area contributed by atoms with Crippen LogP contribution in [-0.4, -0.2) is 14.9 Å². The fourth-order valence-corrected chi connectivity index (χ4v) is 1.95. The third kappa shape index (κ3) is 2.49. The van der Waals surface area contributed by atoms with Crippen LogP contribution in [0, 0.1) is 13.8 Å². The molecule has 0 radical (unpaired) electrons. The van der Waals surface area contributed by atoms with Crippen LogP contribution in [0.5, 0.6) is 0 Å². The number of rotatable bonds is 2. The number of hydrogen-bond donors (Lipinski definition) is 1. The fourth-order valence-electron chi connectivity index (χ4n) is 1.95. The van der Waals surface area contributed by atoms with Crippen molar-refractivity contribution in [3.8, 4) is 5.69 Å². The Balaban J connectivity index is 2.43. The maximum atomic E-state index is 12.5. The molecule has 0 saturated heterocycles. The molecule has 2 aromatic rings. The van der Waals surface area contributed by atoms with Crippen molar-refractivity contribution in [2.45, 2.75) is 26.6 Å². The van der Waals surface area contributed by atoms with Crippen molar-refractivity contribution in [3.63, 3.8) is 0 Å². The minimum Gasteiger partial charge on any atom is -0.392 e. The molecule has 3 nitrogen and oxygen atoms in total. The standard InChI is InChI=1S/C13H13F3N2O/c1-8-12(7-19)9(2)18(17-8)11-5-3-10(4-6-11)13(14,15)16/h3-6,19H,7H2,1-2H3. The van der Waals surface area contributed by atoms with Gasteiger partial charge in [-0.1, -0.05) is 0 Å². The first-order chi connectivity index (χ1) is 8.84. The molecule has 0 aliphatic carbocycles. The van der Waals surface area contributed by atoms with E-state index >= 15 is 0 Å². The van der Waals surface area contributed by atoms with Crippen LogP contribution in [0.2, 0.25) is 0 Å². The highest BCUT2D eigenvalue weighted by Crippen LogP contribution is 2.30. The second kappa shape index (κ2) is 4.70. The summed E-state index contributed by atoms with van der Waals surface area (Å²) >= 11 is 0. The maximum absolute atomic E-state index is 12.5. The summed E-state index contributed by atoms with van der Waals surface area (Å²) in [4.78, 5) is 0. The summed E-state index contributed by atoms with van der Waals surface area (Å²) < 4.78 is 38.9. The Kier molecular flexibility index (Phi) is 3.36. The van der Waals surface area contributed by atoms with Crippen molar-refractivity contribution < 1.29 is 18.3 Å². The molecule has 0 saturated carbocycles. The molecule has 1 aromatic heterocycles. The third-order valence-corrected chi connectivity index (χ3v) is 3.04. The fraction of sp³-hybridized carbons (Fsp3) is 0.308. The molecular formula is C13H13F3N2O. The summed E-state index contributed by atoms with van der Waals surface area (Å²) in [5.41, 5.74) is 1.92. The molecule has 19 heavy (non-hydrogen) atoms. The molecule has 2 rings (SSSR count). The van der Waals surface area contributed by atoms with Crippen molar-refractivity contribution in [1.29, 1.82) is 0 Å². The molecule has 0 fully saturated rings. The van der Waals surface area contributed by atoms with Gasteiger partial charge in [0.05, 0.1) is 23.6 Å². The van der Waals surface area contributed by atoms with Gasteiger partial charge in [0.25, 0.3) is 0 Å². The summed E-state index contributed by atoms with van der Waals surface area (Å²) in [7, 11) is 0. The first-order valence-corrected chi connectivity index (χ1v) is 5.68. The van der Waals surface area contributed by atoms with Crippen LogP contribution >= 0.6 is 0 Å². The molecule has 0 bridgehead atoms. The zero-order valence-electron chi connectivity index (χ0n) is 10.5. The number of aliphatic hydroxyl groups is 1. The minimum absolute atomic E-state index is 0.141. The van der Waals surface area contributed by atoms with Crippen LogP contribution in [0.15, 0.2) is 24.3 Å². The number of aliphatic hydroxyl groups excluding tert-OH is 1. The topological polar surface area (TPSA) is 38.0 Å². The summed E-state index contributed by atoms with van der Waals surface area (Å²) in [6.07, 6.45) is -4.34. The van der Waals surface area contributed by atoms with Crippen molar-refractivity contribution in [2.75, 3.05) is 0 Å². The van der Waals surface area contributed by atoms with E-state index in [9.17, 15) is 18.3 Å². The molecule has 0 amide bonds. The summed E-state index contributed by atoms with van der Waals surface area (Å²) in [6, 6.07) is 4.77. The van der Waals surface area contributed by atoms with Crippen molar-refractivity contribution in [1.82, 2.24) is 9.78 Å². The smallest absolute Gasteiger partial charge is 0.392 e. The van der Waals surface area contributed by atoms with Gasteiger partial charge in [0.2, 0.25) is 0 Å². The van der Waals surface area contributed by atoms with Gasteiger partial charge in [-0.15, -0.1) is 0 Å². The number of aryl methyl sites for hydroxylation is 1. The van der Waals surface area contributed by atoms with Crippen molar-refractivity contribution in [3.05, 3.63) is 46.8 Å². The van der Waals surface area contributed by atoms with Crippen molar-refractivity contribution in [2.24, 2.45) is 0 Å². The number of aromatic nitrogens is 2. The van der Waals surface area contributed by atoms with Crippen LogP contribution in [0.3, 0.4) is 0 Å². The average Bonchev–Trinajstić information content (AvgIpc) is 2.63. The number of halogens is 3. The highest BCUT2D eigenvalue weighted by Gasteiger charge is 2.30. The lowest BCUT2D eigenvalue weighted by Crippen LogP contribution is -2.06. The molecule has 1 heterocycles. The maximum Gasteiger partial charge on any atom is 0.416 e. The van der Waals surface area contributed by atoms with Gasteiger partial charge in [0.15, 0.2) is 0 Å². The summed E-state index contributed by atoms with van der Waals surface area (Å²) in [5, 5.41) is 13.4. The number of alkyl halides is 3. The Morgan fingerprint density at radius 3 is 2.16 bits per heavy atom. The average molecular weight is 270 g/mol. The molecule has 0 spiro atoms. The Morgan fingerprint density at radius 1 is 1.16 bits per heavy atom. The van der Waals surface area contributed by atoms with E-state index in [2.05, 4.69) is 5.10 Å². The van der Waals surface area contributed by atoms with Gasteiger partial charge < -0.3 is 5.11 Å². The second-order valence-electron chi connectivity index (χ2n) is 4.26. The third-order valence-electron chi connectivity index (χ3n) is 3.04. The molecule has 1 N–H and O–H groups in total. The quantitative estimate of drug-likeness (QED) is 0.911. The predicted octanol–water partition coefficient (Wildman–Crippen LogP) is 3.00. The van der Waals surface area contributed by atoms with E-state index < -0.39 is 11.7 Å². The van der Waals surface area contributed by atoms with Crippen LogP contribution in [0.25, 0.3) is 5.69 Å². The molecule has 0 unspecified atom stereocenters. The molecule has 0 atom stereocenters. The Morgan fingerprint density at radius 2 is 1.74 bits per heavy atom. The normalized spacial score (nSPS) is 11.9. The van der Waals surface area contributed by atoms with Gasteiger partial charge in [0.1, 0.15) is 0 Å². The molecule has 0 aliphatic heterocycles. The number of benzene rings is 1. The lowest BCUT2D eigenvalue weighted by Gasteiger charge is -2.09. The van der Waals surface area contributed by atoms with E-state index in [4.69, 9.17) is 0 Å². The van der Waals surface area contributed by atoms with Gasteiger partial charge in [-0.3, -0.25) is 0 Å². The largest absolute Gasteiger partial charge is 0.416 e. The van der Waals surface area contributed by atoms with Gasteiger partial charge in [0, 0.05) is 11.3 Å². The van der Waals surface area contributed by atoms with Crippen LogP contribution in [0.4, 0.5) is 13.2 Å². The Labute approximate surface area is 108 Å². The Bertz CT molecular complexity index is 585. The van der Waals surface area contributed by atoms with E-state index in [0.29, 0.717) is 16.9 Å². The lowest BCUT2D eigenvalue weighted by molar-refractivity contribution is -0.137. The zero-order valence-corrected chi connectivity index (χ0v) is 10.5.